The lowest BCUT2D eigenvalue weighted by molar-refractivity contribution is -0.146. The summed E-state index contributed by atoms with van der Waals surface area (Å²) >= 11 is 0. The first-order valence-electron chi connectivity index (χ1n) is 11.2. The number of halogens is 1. The largest absolute Gasteiger partial charge is 0.467 e. The van der Waals surface area contributed by atoms with Gasteiger partial charge >= 0.3 is 5.97 Å². The highest BCUT2D eigenvalue weighted by molar-refractivity contribution is 6.74. The van der Waals surface area contributed by atoms with Gasteiger partial charge in [0, 0.05) is 6.10 Å². The standard InChI is InChI=1S/C23H43FO3Si/c1-16(11-14-19(24)21(25)26-6)17-12-13-18-20(10-9-15-23(17,18)5)27-28(7,8)22(2,3)4/h16-20H,9-15H2,1-8H3/t16-,17-,18+,19+,20+,23-/m1/s1. The molecule has 2 aliphatic carbocycles. The van der Waals surface area contributed by atoms with E-state index in [-0.39, 0.29) is 16.9 Å². The van der Waals surface area contributed by atoms with Crippen LogP contribution in [0.4, 0.5) is 4.39 Å². The summed E-state index contributed by atoms with van der Waals surface area (Å²) in [7, 11) is -0.527. The summed E-state index contributed by atoms with van der Waals surface area (Å²) in [5.41, 5.74) is 0.280. The highest BCUT2D eigenvalue weighted by Gasteiger charge is 2.54. The van der Waals surface area contributed by atoms with Crippen LogP contribution in [-0.4, -0.2) is 33.7 Å². The molecule has 0 amide bonds. The Bertz CT molecular complexity index is 544. The fraction of sp³-hybridized carbons (Fsp3) is 0.957. The number of fused-ring (bicyclic) bond motifs is 1. The first kappa shape index (κ1) is 23.9. The van der Waals surface area contributed by atoms with Gasteiger partial charge in [0.2, 0.25) is 0 Å². The summed E-state index contributed by atoms with van der Waals surface area (Å²) in [6, 6.07) is 0. The van der Waals surface area contributed by atoms with Crippen molar-refractivity contribution in [1.29, 1.82) is 0 Å². The van der Waals surface area contributed by atoms with E-state index >= 15 is 0 Å². The first-order chi connectivity index (χ1) is 12.8. The van der Waals surface area contributed by atoms with Crippen molar-refractivity contribution in [2.75, 3.05) is 7.11 Å². The summed E-state index contributed by atoms with van der Waals surface area (Å²) in [4.78, 5) is 11.4. The minimum absolute atomic E-state index is 0.232. The van der Waals surface area contributed by atoms with E-state index in [0.717, 1.165) is 6.42 Å². The molecule has 0 N–H and O–H groups in total. The Labute approximate surface area is 173 Å². The number of carbonyl (C=O) groups is 1. The van der Waals surface area contributed by atoms with Crippen LogP contribution in [0.25, 0.3) is 0 Å². The summed E-state index contributed by atoms with van der Waals surface area (Å²) in [5, 5.41) is 0.232. The van der Waals surface area contributed by atoms with Gasteiger partial charge < -0.3 is 9.16 Å². The molecule has 0 radical (unpaired) electrons. The molecule has 0 aromatic rings. The van der Waals surface area contributed by atoms with Crippen molar-refractivity contribution in [3.05, 3.63) is 0 Å². The zero-order valence-electron chi connectivity index (χ0n) is 19.4. The van der Waals surface area contributed by atoms with Crippen LogP contribution in [0.15, 0.2) is 0 Å². The molecule has 0 aromatic carbocycles. The van der Waals surface area contributed by atoms with E-state index in [4.69, 9.17) is 4.43 Å². The van der Waals surface area contributed by atoms with Gasteiger partial charge in [-0.05, 0) is 79.8 Å². The van der Waals surface area contributed by atoms with E-state index in [2.05, 4.69) is 52.4 Å². The SMILES string of the molecule is COC(=O)[C@@H](F)CC[C@@H](C)[C@H]1CC[C@H]2[C@@H](O[Si](C)(C)C(C)(C)C)CCC[C@]12C. The molecular formula is C23H43FO3Si. The molecule has 0 aromatic heterocycles. The topological polar surface area (TPSA) is 35.5 Å². The fourth-order valence-corrected chi connectivity index (χ4v) is 7.04. The van der Waals surface area contributed by atoms with Crippen LogP contribution in [0.1, 0.15) is 79.6 Å². The maximum atomic E-state index is 13.9. The van der Waals surface area contributed by atoms with Crippen molar-refractivity contribution in [2.45, 2.75) is 110 Å². The number of hydrogen-bond acceptors (Lipinski definition) is 3. The second kappa shape index (κ2) is 8.75. The van der Waals surface area contributed by atoms with E-state index in [1.54, 1.807) is 0 Å². The Balaban J connectivity index is 2.05. The molecule has 0 aliphatic heterocycles. The van der Waals surface area contributed by atoms with Crippen molar-refractivity contribution >= 4 is 14.3 Å². The third-order valence-corrected chi connectivity index (χ3v) is 12.9. The Morgan fingerprint density at radius 1 is 1.21 bits per heavy atom. The van der Waals surface area contributed by atoms with Crippen molar-refractivity contribution in [3.63, 3.8) is 0 Å². The smallest absolute Gasteiger partial charge is 0.340 e. The summed E-state index contributed by atoms with van der Waals surface area (Å²) in [5.74, 6) is 0.894. The van der Waals surface area contributed by atoms with Crippen molar-refractivity contribution in [2.24, 2.45) is 23.2 Å². The lowest BCUT2D eigenvalue weighted by Crippen LogP contribution is -2.50. The Kier molecular flexibility index (Phi) is 7.45. The molecule has 5 heteroatoms. The molecule has 164 valence electrons. The van der Waals surface area contributed by atoms with Crippen LogP contribution in [0.3, 0.4) is 0 Å². The molecule has 6 atom stereocenters. The van der Waals surface area contributed by atoms with Gasteiger partial charge in [-0.1, -0.05) is 41.0 Å². The zero-order valence-corrected chi connectivity index (χ0v) is 20.4. The van der Waals surface area contributed by atoms with E-state index in [0.29, 0.717) is 23.9 Å². The number of ether oxygens (including phenoxy) is 1. The zero-order chi connectivity index (χ0) is 21.3. The van der Waals surface area contributed by atoms with Gasteiger partial charge in [0.05, 0.1) is 7.11 Å². The van der Waals surface area contributed by atoms with Crippen molar-refractivity contribution in [3.8, 4) is 0 Å². The van der Waals surface area contributed by atoms with Crippen LogP contribution in [0.2, 0.25) is 18.1 Å². The van der Waals surface area contributed by atoms with Gasteiger partial charge in [-0.3, -0.25) is 0 Å². The highest BCUT2D eigenvalue weighted by atomic mass is 28.4. The van der Waals surface area contributed by atoms with Crippen molar-refractivity contribution < 1.29 is 18.3 Å². The lowest BCUT2D eigenvalue weighted by Gasteiger charge is -2.50. The number of methoxy groups -OCH3 is 1. The fourth-order valence-electron chi connectivity index (χ4n) is 5.65. The third-order valence-electron chi connectivity index (χ3n) is 8.41. The molecule has 2 aliphatic rings. The molecule has 28 heavy (non-hydrogen) atoms. The number of hydrogen-bond donors (Lipinski definition) is 0. The molecule has 2 rings (SSSR count). The van der Waals surface area contributed by atoms with Gasteiger partial charge in [-0.15, -0.1) is 0 Å². The second-order valence-corrected chi connectivity index (χ2v) is 15.9. The normalized spacial score (nSPS) is 33.2. The van der Waals surface area contributed by atoms with Gasteiger partial charge in [-0.2, -0.15) is 0 Å². The van der Waals surface area contributed by atoms with Crippen LogP contribution >= 0.6 is 0 Å². The summed E-state index contributed by atoms with van der Waals surface area (Å²) < 4.78 is 25.4. The van der Waals surface area contributed by atoms with Gasteiger partial charge in [0.25, 0.3) is 0 Å². The highest BCUT2D eigenvalue weighted by Crippen LogP contribution is 2.59. The molecular weight excluding hydrogens is 371 g/mol. The summed E-state index contributed by atoms with van der Waals surface area (Å²) in [6.07, 6.45) is 5.99. The monoisotopic (exact) mass is 414 g/mol. The van der Waals surface area contributed by atoms with Gasteiger partial charge in [0.15, 0.2) is 14.5 Å². The number of rotatable bonds is 7. The minimum Gasteiger partial charge on any atom is -0.467 e. The minimum atomic E-state index is -1.78. The van der Waals surface area contributed by atoms with E-state index in [9.17, 15) is 9.18 Å². The van der Waals surface area contributed by atoms with Crippen LogP contribution in [0, 0.1) is 23.2 Å². The summed E-state index contributed by atoms with van der Waals surface area (Å²) in [6.45, 7) is 16.4. The molecule has 0 spiro atoms. The van der Waals surface area contributed by atoms with E-state index in [1.807, 2.05) is 0 Å². The van der Waals surface area contributed by atoms with E-state index in [1.165, 1.54) is 39.2 Å². The number of esters is 1. The molecule has 0 heterocycles. The van der Waals surface area contributed by atoms with E-state index < -0.39 is 20.5 Å². The maximum absolute atomic E-state index is 13.9. The van der Waals surface area contributed by atoms with Crippen molar-refractivity contribution in [1.82, 2.24) is 0 Å². The molecule has 2 fully saturated rings. The Morgan fingerprint density at radius 2 is 1.86 bits per heavy atom. The van der Waals surface area contributed by atoms with Crippen LogP contribution in [-0.2, 0) is 14.0 Å². The predicted octanol–water partition coefficient (Wildman–Crippen LogP) is 6.52. The first-order valence-corrected chi connectivity index (χ1v) is 14.1. The number of carbonyl (C=O) groups excluding carboxylic acids is 1. The maximum Gasteiger partial charge on any atom is 0.340 e. The predicted molar refractivity (Wildman–Crippen MR) is 116 cm³/mol. The molecule has 2 saturated carbocycles. The molecule has 3 nitrogen and oxygen atoms in total. The average molecular weight is 415 g/mol. The second-order valence-electron chi connectivity index (χ2n) is 11.2. The molecule has 0 saturated heterocycles. The third kappa shape index (κ3) is 4.83. The molecule has 0 unspecified atom stereocenters. The quantitative estimate of drug-likeness (QED) is 0.351. The Hall–Kier alpha value is -0.423. The van der Waals surface area contributed by atoms with Gasteiger partial charge in [0.1, 0.15) is 0 Å². The van der Waals surface area contributed by atoms with Gasteiger partial charge in [-0.25, -0.2) is 9.18 Å². The van der Waals surface area contributed by atoms with Crippen LogP contribution in [0.5, 0.6) is 0 Å². The lowest BCUT2D eigenvalue weighted by atomic mass is 9.61. The molecule has 0 bridgehead atoms. The van der Waals surface area contributed by atoms with Crippen LogP contribution < -0.4 is 0 Å². The average Bonchev–Trinajstić information content (AvgIpc) is 2.95. The Morgan fingerprint density at radius 3 is 2.43 bits per heavy atom. The number of alkyl halides is 1.